The molecule has 0 amide bonds. The molecule has 128 valence electrons. The molecule has 0 spiro atoms. The Morgan fingerprint density at radius 1 is 0.958 bits per heavy atom. The molecule has 1 unspecified atom stereocenters. The predicted molar refractivity (Wildman–Crippen MR) is 94.9 cm³/mol. The number of hydrogen-bond acceptors (Lipinski definition) is 4. The predicted octanol–water partition coefficient (Wildman–Crippen LogP) is 4.10. The summed E-state index contributed by atoms with van der Waals surface area (Å²) < 4.78 is 16.9. The summed E-state index contributed by atoms with van der Waals surface area (Å²) in [6.07, 6.45) is 0.196. The zero-order valence-electron chi connectivity index (χ0n) is 14.5. The average Bonchev–Trinajstić information content (AvgIpc) is 2.59. The highest BCUT2D eigenvalue weighted by atomic mass is 16.6. The molecule has 0 radical (unpaired) electrons. The van der Waals surface area contributed by atoms with Crippen molar-refractivity contribution in [1.82, 2.24) is 5.32 Å². The standard InChI is InChI=1S/C20H25NO3/c1-14(2)24-18-7-5-17(6-8-18)15(3)21-13-16-4-9-19-20(12-16)23-11-10-22-19/h4-9,12,14-15,21H,10-11,13H2,1-3H3. The van der Waals surface area contributed by atoms with Crippen LogP contribution >= 0.6 is 0 Å². The number of benzene rings is 2. The minimum absolute atomic E-state index is 0.196. The molecule has 1 aliphatic rings. The molecule has 2 aromatic rings. The fourth-order valence-electron chi connectivity index (χ4n) is 2.69. The first kappa shape index (κ1) is 16.7. The average molecular weight is 327 g/mol. The summed E-state index contributed by atoms with van der Waals surface area (Å²) in [6.45, 7) is 8.25. The molecule has 0 fully saturated rings. The monoisotopic (exact) mass is 327 g/mol. The van der Waals surface area contributed by atoms with Crippen molar-refractivity contribution in [2.24, 2.45) is 0 Å². The highest BCUT2D eigenvalue weighted by Crippen LogP contribution is 2.30. The summed E-state index contributed by atoms with van der Waals surface area (Å²) in [7, 11) is 0. The second-order valence-electron chi connectivity index (χ2n) is 6.32. The van der Waals surface area contributed by atoms with Gasteiger partial charge in [0.25, 0.3) is 0 Å². The van der Waals surface area contributed by atoms with Gasteiger partial charge < -0.3 is 19.5 Å². The highest BCUT2D eigenvalue weighted by molar-refractivity contribution is 5.43. The maximum absolute atomic E-state index is 5.68. The molecule has 4 nitrogen and oxygen atoms in total. The van der Waals surface area contributed by atoms with E-state index in [-0.39, 0.29) is 12.1 Å². The number of ether oxygens (including phenoxy) is 3. The van der Waals surface area contributed by atoms with Crippen LogP contribution in [0.25, 0.3) is 0 Å². The zero-order valence-corrected chi connectivity index (χ0v) is 14.5. The largest absolute Gasteiger partial charge is 0.491 e. The van der Waals surface area contributed by atoms with Gasteiger partial charge in [0.2, 0.25) is 0 Å². The Balaban J connectivity index is 1.58. The fraction of sp³-hybridized carbons (Fsp3) is 0.400. The normalized spacial score (nSPS) is 14.5. The van der Waals surface area contributed by atoms with E-state index in [0.29, 0.717) is 13.2 Å². The highest BCUT2D eigenvalue weighted by Gasteiger charge is 2.12. The SMILES string of the molecule is CC(C)Oc1ccc(C(C)NCc2ccc3c(c2)OCCO3)cc1. The first-order chi connectivity index (χ1) is 11.6. The van der Waals surface area contributed by atoms with E-state index < -0.39 is 0 Å². The molecule has 4 heteroatoms. The summed E-state index contributed by atoms with van der Waals surface area (Å²) in [5.41, 5.74) is 2.43. The Morgan fingerprint density at radius 3 is 2.38 bits per heavy atom. The molecular formula is C20H25NO3. The van der Waals surface area contributed by atoms with E-state index in [2.05, 4.69) is 30.4 Å². The van der Waals surface area contributed by atoms with Crippen LogP contribution in [0.3, 0.4) is 0 Å². The van der Waals surface area contributed by atoms with Crippen LogP contribution in [0.2, 0.25) is 0 Å². The molecule has 3 rings (SSSR count). The van der Waals surface area contributed by atoms with Crippen molar-refractivity contribution in [1.29, 1.82) is 0 Å². The number of fused-ring (bicyclic) bond motifs is 1. The van der Waals surface area contributed by atoms with Crippen molar-refractivity contribution in [3.63, 3.8) is 0 Å². The Kier molecular flexibility index (Phi) is 5.26. The fourth-order valence-corrected chi connectivity index (χ4v) is 2.69. The first-order valence-corrected chi connectivity index (χ1v) is 8.50. The Hall–Kier alpha value is -2.20. The molecule has 0 bridgehead atoms. The molecule has 0 saturated heterocycles. The lowest BCUT2D eigenvalue weighted by molar-refractivity contribution is 0.171. The van der Waals surface area contributed by atoms with Gasteiger partial charge in [-0.25, -0.2) is 0 Å². The summed E-state index contributed by atoms with van der Waals surface area (Å²) in [4.78, 5) is 0. The van der Waals surface area contributed by atoms with Crippen LogP contribution in [-0.4, -0.2) is 19.3 Å². The first-order valence-electron chi connectivity index (χ1n) is 8.50. The molecule has 1 heterocycles. The summed E-state index contributed by atoms with van der Waals surface area (Å²) in [6, 6.07) is 14.6. The van der Waals surface area contributed by atoms with Crippen LogP contribution in [-0.2, 0) is 6.54 Å². The van der Waals surface area contributed by atoms with Gasteiger partial charge in [-0.05, 0) is 56.2 Å². The maximum atomic E-state index is 5.68. The van der Waals surface area contributed by atoms with Gasteiger partial charge in [-0.2, -0.15) is 0 Å². The second-order valence-corrected chi connectivity index (χ2v) is 6.32. The van der Waals surface area contributed by atoms with Crippen molar-refractivity contribution in [3.8, 4) is 17.2 Å². The summed E-state index contributed by atoms with van der Waals surface area (Å²) in [5.74, 6) is 2.58. The molecule has 24 heavy (non-hydrogen) atoms. The van der Waals surface area contributed by atoms with Crippen LogP contribution < -0.4 is 19.5 Å². The molecule has 0 saturated carbocycles. The third kappa shape index (κ3) is 4.20. The Labute approximate surface area is 143 Å². The van der Waals surface area contributed by atoms with Gasteiger partial charge in [0, 0.05) is 12.6 Å². The summed E-state index contributed by atoms with van der Waals surface area (Å²) >= 11 is 0. The van der Waals surface area contributed by atoms with E-state index in [1.54, 1.807) is 0 Å². The van der Waals surface area contributed by atoms with Gasteiger partial charge in [-0.3, -0.25) is 0 Å². The van der Waals surface area contributed by atoms with Crippen LogP contribution in [0.5, 0.6) is 17.2 Å². The second kappa shape index (κ2) is 7.58. The van der Waals surface area contributed by atoms with E-state index in [9.17, 15) is 0 Å². The molecule has 2 aromatic carbocycles. The topological polar surface area (TPSA) is 39.7 Å². The zero-order chi connectivity index (χ0) is 16.9. The van der Waals surface area contributed by atoms with E-state index in [1.165, 1.54) is 11.1 Å². The molecule has 1 aliphatic heterocycles. The van der Waals surface area contributed by atoms with Crippen molar-refractivity contribution in [2.45, 2.75) is 39.5 Å². The van der Waals surface area contributed by atoms with Gasteiger partial charge in [-0.1, -0.05) is 18.2 Å². The lowest BCUT2D eigenvalue weighted by Crippen LogP contribution is -2.19. The van der Waals surface area contributed by atoms with Crippen molar-refractivity contribution in [3.05, 3.63) is 53.6 Å². The van der Waals surface area contributed by atoms with Gasteiger partial charge in [-0.15, -0.1) is 0 Å². The molecule has 0 aliphatic carbocycles. The van der Waals surface area contributed by atoms with Crippen molar-refractivity contribution < 1.29 is 14.2 Å². The van der Waals surface area contributed by atoms with Gasteiger partial charge in [0.05, 0.1) is 6.10 Å². The van der Waals surface area contributed by atoms with Gasteiger partial charge in [0.1, 0.15) is 19.0 Å². The Morgan fingerprint density at radius 2 is 1.67 bits per heavy atom. The quantitative estimate of drug-likeness (QED) is 0.867. The van der Waals surface area contributed by atoms with Crippen molar-refractivity contribution in [2.75, 3.05) is 13.2 Å². The number of nitrogens with one attached hydrogen (secondary N) is 1. The summed E-state index contributed by atoms with van der Waals surface area (Å²) in [5, 5.41) is 3.55. The minimum atomic E-state index is 0.196. The van der Waals surface area contributed by atoms with Gasteiger partial charge in [0.15, 0.2) is 11.5 Å². The lowest BCUT2D eigenvalue weighted by atomic mass is 10.1. The van der Waals surface area contributed by atoms with Gasteiger partial charge >= 0.3 is 0 Å². The van der Waals surface area contributed by atoms with E-state index in [0.717, 1.165) is 23.8 Å². The molecule has 0 aromatic heterocycles. The third-order valence-electron chi connectivity index (χ3n) is 3.97. The molecule has 1 atom stereocenters. The van der Waals surface area contributed by atoms with E-state index in [1.807, 2.05) is 38.1 Å². The van der Waals surface area contributed by atoms with Crippen LogP contribution in [0.4, 0.5) is 0 Å². The smallest absolute Gasteiger partial charge is 0.161 e. The lowest BCUT2D eigenvalue weighted by Gasteiger charge is -2.20. The van der Waals surface area contributed by atoms with Crippen LogP contribution in [0.1, 0.15) is 37.9 Å². The Bertz CT molecular complexity index is 667. The molecular weight excluding hydrogens is 302 g/mol. The van der Waals surface area contributed by atoms with Crippen molar-refractivity contribution >= 4 is 0 Å². The minimum Gasteiger partial charge on any atom is -0.491 e. The van der Waals surface area contributed by atoms with Crippen LogP contribution in [0, 0.1) is 0 Å². The van der Waals surface area contributed by atoms with Crippen LogP contribution in [0.15, 0.2) is 42.5 Å². The molecule has 1 N–H and O–H groups in total. The third-order valence-corrected chi connectivity index (χ3v) is 3.97. The number of hydrogen-bond donors (Lipinski definition) is 1. The van der Waals surface area contributed by atoms with E-state index in [4.69, 9.17) is 14.2 Å². The van der Waals surface area contributed by atoms with E-state index >= 15 is 0 Å². The maximum Gasteiger partial charge on any atom is 0.161 e. The number of rotatable bonds is 6.